The van der Waals surface area contributed by atoms with Crippen LogP contribution in [0, 0.1) is 26.1 Å². The molecule has 1 saturated carbocycles. The maximum Gasteiger partial charge on any atom is 0.282 e. The van der Waals surface area contributed by atoms with E-state index in [0.29, 0.717) is 16.9 Å². The lowest BCUT2D eigenvalue weighted by Gasteiger charge is -2.38. The van der Waals surface area contributed by atoms with Crippen LogP contribution in [0.5, 0.6) is 0 Å². The van der Waals surface area contributed by atoms with Gasteiger partial charge in [-0.2, -0.15) is 0 Å². The van der Waals surface area contributed by atoms with Crippen LogP contribution in [0.1, 0.15) is 46.8 Å². The molecule has 1 aliphatic heterocycles. The highest BCUT2D eigenvalue weighted by atomic mass is 35.5. The number of nitro benzene ring substituents is 2. The van der Waals surface area contributed by atoms with Crippen molar-refractivity contribution >= 4 is 46.2 Å². The molecule has 3 aromatic rings. The zero-order valence-corrected chi connectivity index (χ0v) is 20.7. The molecule has 1 fully saturated rings. The van der Waals surface area contributed by atoms with Gasteiger partial charge in [0.15, 0.2) is 5.78 Å². The van der Waals surface area contributed by atoms with Crippen LogP contribution in [0.25, 0.3) is 0 Å². The van der Waals surface area contributed by atoms with Gasteiger partial charge in [-0.3, -0.25) is 25.0 Å². The monoisotopic (exact) mass is 523 g/mol. The largest absolute Gasteiger partial charge is 0.378 e. The van der Waals surface area contributed by atoms with E-state index >= 15 is 0 Å². The number of hydrogen-bond donors (Lipinski definition) is 1. The third kappa shape index (κ3) is 4.33. The molecule has 0 amide bonds. The fourth-order valence-corrected chi connectivity index (χ4v) is 7.28. The predicted octanol–water partition coefficient (Wildman–Crippen LogP) is 6.74. The number of benzene rings is 3. The second kappa shape index (κ2) is 9.55. The maximum absolute atomic E-state index is 12.1. The molecule has 0 spiro atoms. The van der Waals surface area contributed by atoms with Crippen molar-refractivity contribution in [3.8, 4) is 0 Å². The molecule has 8 nitrogen and oxygen atoms in total. The van der Waals surface area contributed by atoms with Gasteiger partial charge >= 0.3 is 0 Å². The Labute approximate surface area is 216 Å². The number of fused-ring (bicyclic) bond motifs is 3. The first kappa shape index (κ1) is 24.3. The fraction of sp³-hybridized carbons (Fsp3) is 0.269. The number of halogens is 1. The van der Waals surface area contributed by atoms with Crippen LogP contribution in [-0.4, -0.2) is 26.3 Å². The molecular weight excluding hydrogens is 502 g/mol. The molecule has 5 rings (SSSR count). The Morgan fingerprint density at radius 3 is 2.42 bits per heavy atom. The number of carbonyl (C=O) groups is 1. The molecule has 10 heteroatoms. The number of rotatable bonds is 6. The zero-order valence-electron chi connectivity index (χ0n) is 19.2. The van der Waals surface area contributed by atoms with Crippen molar-refractivity contribution in [2.24, 2.45) is 5.92 Å². The van der Waals surface area contributed by atoms with Crippen LogP contribution in [0.15, 0.2) is 71.6 Å². The van der Waals surface area contributed by atoms with Gasteiger partial charge in [-0.05, 0) is 54.7 Å². The van der Waals surface area contributed by atoms with E-state index in [-0.39, 0.29) is 50.6 Å². The second-order valence-corrected chi connectivity index (χ2v) is 10.9. The number of anilines is 1. The minimum atomic E-state index is -0.427. The molecule has 2 aliphatic rings. The molecule has 0 unspecified atom stereocenters. The number of ketones is 1. The number of alkyl halides is 1. The molecular formula is C26H22ClN3O5S. The average Bonchev–Trinajstić information content (AvgIpc) is 3.19. The van der Waals surface area contributed by atoms with E-state index in [0.717, 1.165) is 16.8 Å². The van der Waals surface area contributed by atoms with Gasteiger partial charge in [-0.15, -0.1) is 23.4 Å². The maximum atomic E-state index is 12.1. The molecule has 3 aromatic carbocycles. The molecule has 0 saturated heterocycles. The van der Waals surface area contributed by atoms with Crippen molar-refractivity contribution in [1.29, 1.82) is 0 Å². The van der Waals surface area contributed by atoms with E-state index in [9.17, 15) is 25.0 Å². The number of nitrogens with one attached hydrogen (secondary N) is 1. The molecule has 1 heterocycles. The smallest absolute Gasteiger partial charge is 0.282 e. The molecule has 1 N–H and O–H groups in total. The lowest BCUT2D eigenvalue weighted by atomic mass is 9.76. The van der Waals surface area contributed by atoms with Gasteiger partial charge in [0.25, 0.3) is 11.4 Å². The van der Waals surface area contributed by atoms with Gasteiger partial charge in [0.2, 0.25) is 0 Å². The van der Waals surface area contributed by atoms with Gasteiger partial charge in [0, 0.05) is 40.6 Å². The minimum Gasteiger partial charge on any atom is -0.378 e. The highest BCUT2D eigenvalue weighted by Crippen LogP contribution is 2.58. The highest BCUT2D eigenvalue weighted by Gasteiger charge is 2.50. The fourth-order valence-electron chi connectivity index (χ4n) is 5.34. The molecule has 36 heavy (non-hydrogen) atoms. The first-order chi connectivity index (χ1) is 17.2. The lowest BCUT2D eigenvalue weighted by molar-refractivity contribution is -0.387. The number of nitro groups is 2. The number of thioether (sulfide) groups is 1. The summed E-state index contributed by atoms with van der Waals surface area (Å²) in [6.07, 6.45) is 0.675. The summed E-state index contributed by atoms with van der Waals surface area (Å²) in [6, 6.07) is 18.5. The van der Waals surface area contributed by atoms with E-state index in [2.05, 4.69) is 5.32 Å². The van der Waals surface area contributed by atoms with Crippen LogP contribution < -0.4 is 5.32 Å². The summed E-state index contributed by atoms with van der Waals surface area (Å²) in [5.74, 6) is -0.131. The summed E-state index contributed by atoms with van der Waals surface area (Å²) < 4.78 is 0. The van der Waals surface area contributed by atoms with Crippen molar-refractivity contribution in [2.45, 2.75) is 40.8 Å². The van der Waals surface area contributed by atoms with Gasteiger partial charge in [0.05, 0.1) is 26.2 Å². The van der Waals surface area contributed by atoms with Crippen LogP contribution in [0.3, 0.4) is 0 Å². The lowest BCUT2D eigenvalue weighted by Crippen LogP contribution is -2.31. The quantitative estimate of drug-likeness (QED) is 0.164. The van der Waals surface area contributed by atoms with Crippen molar-refractivity contribution < 1.29 is 14.6 Å². The molecule has 5 atom stereocenters. The number of hydrogen-bond acceptors (Lipinski definition) is 7. The van der Waals surface area contributed by atoms with Gasteiger partial charge < -0.3 is 5.32 Å². The van der Waals surface area contributed by atoms with Crippen LogP contribution in [0.4, 0.5) is 17.1 Å². The molecule has 0 bridgehead atoms. The number of nitrogens with zero attached hydrogens (tertiary/aromatic N) is 2. The Hall–Kier alpha value is -3.43. The molecule has 0 radical (unpaired) electrons. The van der Waals surface area contributed by atoms with E-state index in [4.69, 9.17) is 11.6 Å². The number of Topliss-reactive ketones (excluding diaryl/α,β-unsaturated/α-hetero) is 1. The van der Waals surface area contributed by atoms with Crippen LogP contribution in [0.2, 0.25) is 0 Å². The van der Waals surface area contributed by atoms with E-state index in [1.165, 1.54) is 36.9 Å². The summed E-state index contributed by atoms with van der Waals surface area (Å²) in [4.78, 5) is 34.6. The number of carbonyl (C=O) groups excluding carboxylic acids is 1. The van der Waals surface area contributed by atoms with Crippen LogP contribution >= 0.6 is 23.4 Å². The van der Waals surface area contributed by atoms with Crippen LogP contribution in [-0.2, 0) is 0 Å². The summed E-state index contributed by atoms with van der Waals surface area (Å²) in [5, 5.41) is 25.8. The van der Waals surface area contributed by atoms with Gasteiger partial charge in [-0.25, -0.2) is 0 Å². The van der Waals surface area contributed by atoms with Crippen molar-refractivity contribution in [2.75, 3.05) is 5.32 Å². The SMILES string of the molecule is CC(=O)c1ccc2c(c1)[C@H]1[C@@H](Cl)[C@@H](Sc3ccccc3[N+](=O)[O-])C[C@@H]1[C@H](c1ccc([N+](=O)[O-])cc1)N2. The summed E-state index contributed by atoms with van der Waals surface area (Å²) in [5.41, 5.74) is 3.39. The van der Waals surface area contributed by atoms with E-state index in [1.54, 1.807) is 36.4 Å². The summed E-state index contributed by atoms with van der Waals surface area (Å²) in [6.45, 7) is 1.52. The Morgan fingerprint density at radius 2 is 1.75 bits per heavy atom. The third-order valence-corrected chi connectivity index (χ3v) is 9.14. The molecule has 184 valence electrons. The molecule has 1 aliphatic carbocycles. The first-order valence-electron chi connectivity index (χ1n) is 11.4. The van der Waals surface area contributed by atoms with Crippen molar-refractivity contribution in [1.82, 2.24) is 0 Å². The topological polar surface area (TPSA) is 115 Å². The Balaban J connectivity index is 1.55. The van der Waals surface area contributed by atoms with E-state index < -0.39 is 4.92 Å². The van der Waals surface area contributed by atoms with Crippen molar-refractivity contribution in [3.05, 3.63) is 104 Å². The van der Waals surface area contributed by atoms with E-state index in [1.807, 2.05) is 12.1 Å². The number of non-ortho nitro benzene ring substituents is 1. The zero-order chi connectivity index (χ0) is 25.6. The number of para-hydroxylation sites is 1. The third-order valence-electron chi connectivity index (χ3n) is 7.02. The average molecular weight is 524 g/mol. The summed E-state index contributed by atoms with van der Waals surface area (Å²) >= 11 is 8.53. The Kier molecular flexibility index (Phi) is 6.44. The molecule has 0 aromatic heterocycles. The predicted molar refractivity (Wildman–Crippen MR) is 139 cm³/mol. The van der Waals surface area contributed by atoms with Gasteiger partial charge in [0.1, 0.15) is 0 Å². The Bertz CT molecular complexity index is 1370. The minimum absolute atomic E-state index is 0.0175. The van der Waals surface area contributed by atoms with Gasteiger partial charge in [-0.1, -0.05) is 24.3 Å². The standard InChI is InChI=1S/C26H22ClN3O5S/c1-14(31)16-8-11-20-18(12-16)24-19(26(28-20)15-6-9-17(10-7-15)29(32)33)13-23(25(24)27)36-22-5-3-2-4-21(22)30(34)35/h2-12,19,23-26,28H,13H2,1H3/t19-,23-,24+,25-,26-/m0/s1. The highest BCUT2D eigenvalue weighted by molar-refractivity contribution is 8.00. The second-order valence-electron chi connectivity index (χ2n) is 9.08. The van der Waals surface area contributed by atoms with Crippen molar-refractivity contribution in [3.63, 3.8) is 0 Å². The first-order valence-corrected chi connectivity index (χ1v) is 12.8. The normalized spacial score (nSPS) is 24.3. The summed E-state index contributed by atoms with van der Waals surface area (Å²) in [7, 11) is 0. The Morgan fingerprint density at radius 1 is 1.03 bits per heavy atom.